The van der Waals surface area contributed by atoms with E-state index in [0.29, 0.717) is 12.2 Å². The fourth-order valence-electron chi connectivity index (χ4n) is 4.11. The van der Waals surface area contributed by atoms with Crippen LogP contribution in [0.25, 0.3) is 0 Å². The normalized spacial score (nSPS) is 34.5. The third-order valence-corrected chi connectivity index (χ3v) is 5.45. The summed E-state index contributed by atoms with van der Waals surface area (Å²) < 4.78 is 23.6. The summed E-state index contributed by atoms with van der Waals surface area (Å²) in [5, 5.41) is 0. The number of ether oxygens (including phenoxy) is 4. The van der Waals surface area contributed by atoms with Crippen molar-refractivity contribution in [3.05, 3.63) is 71.8 Å². The summed E-state index contributed by atoms with van der Waals surface area (Å²) in [6.07, 6.45) is -1.42. The monoisotopic (exact) mass is 367 g/mol. The minimum atomic E-state index is -0.468. The van der Waals surface area contributed by atoms with Gasteiger partial charge in [0.15, 0.2) is 12.6 Å². The Morgan fingerprint density at radius 2 is 1.70 bits per heavy atom. The summed E-state index contributed by atoms with van der Waals surface area (Å²) in [6.45, 7) is 0.403. The highest BCUT2D eigenvalue weighted by atomic mass is 16.7. The Kier molecular flexibility index (Phi) is 4.21. The van der Waals surface area contributed by atoms with Gasteiger partial charge >= 0.3 is 0 Å². The van der Waals surface area contributed by atoms with Crippen molar-refractivity contribution in [1.29, 1.82) is 0 Å². The molecule has 5 rings (SSSR count). The van der Waals surface area contributed by atoms with Crippen LogP contribution in [0.3, 0.4) is 0 Å². The Balaban J connectivity index is 1.39. The number of carbonyl (C=O) groups is 1. The summed E-state index contributed by atoms with van der Waals surface area (Å²) in [5.74, 6) is -0.0248. The Hall–Kier alpha value is -2.25. The number of carbonyl (C=O) groups excluding carboxylic acids is 1. The topological polar surface area (TPSA) is 57.0 Å². The number of nitrogens with zero attached hydrogens (tertiary/aromatic N) is 1. The number of methoxy groups -OCH3 is 1. The summed E-state index contributed by atoms with van der Waals surface area (Å²) in [4.78, 5) is 14.8. The molecule has 6 atom stereocenters. The molecular weight excluding hydrogens is 346 g/mol. The largest absolute Gasteiger partial charge is 0.354 e. The van der Waals surface area contributed by atoms with Crippen molar-refractivity contribution in [2.24, 2.45) is 0 Å². The van der Waals surface area contributed by atoms with Crippen molar-refractivity contribution in [3.8, 4) is 0 Å². The van der Waals surface area contributed by atoms with Gasteiger partial charge in [0.05, 0.1) is 12.6 Å². The maximum Gasteiger partial charge on any atom is 0.254 e. The van der Waals surface area contributed by atoms with Crippen LogP contribution >= 0.6 is 0 Å². The van der Waals surface area contributed by atoms with Crippen LogP contribution in [0.2, 0.25) is 0 Å². The van der Waals surface area contributed by atoms with E-state index >= 15 is 0 Å². The molecule has 0 radical (unpaired) electrons. The molecule has 0 bridgehead atoms. The van der Waals surface area contributed by atoms with Crippen LogP contribution in [0.5, 0.6) is 0 Å². The molecule has 0 saturated carbocycles. The van der Waals surface area contributed by atoms with E-state index in [1.54, 1.807) is 7.11 Å². The van der Waals surface area contributed by atoms with Crippen LogP contribution in [-0.4, -0.2) is 55.1 Å². The van der Waals surface area contributed by atoms with E-state index in [9.17, 15) is 4.79 Å². The second kappa shape index (κ2) is 6.73. The number of hydrogen-bond acceptors (Lipinski definition) is 5. The molecule has 27 heavy (non-hydrogen) atoms. The Bertz CT molecular complexity index is 814. The number of rotatable bonds is 3. The first-order valence-electron chi connectivity index (χ1n) is 9.16. The van der Waals surface area contributed by atoms with Gasteiger partial charge in [0.25, 0.3) is 5.91 Å². The molecule has 6 heteroatoms. The van der Waals surface area contributed by atoms with Crippen molar-refractivity contribution < 1.29 is 23.7 Å². The lowest BCUT2D eigenvalue weighted by atomic mass is 10.0. The zero-order valence-corrected chi connectivity index (χ0v) is 14.9. The van der Waals surface area contributed by atoms with Crippen molar-refractivity contribution in [3.63, 3.8) is 0 Å². The minimum absolute atomic E-state index is 0.0248. The third-order valence-electron chi connectivity index (χ3n) is 5.45. The Morgan fingerprint density at radius 1 is 1.00 bits per heavy atom. The molecule has 3 heterocycles. The fourth-order valence-corrected chi connectivity index (χ4v) is 4.11. The molecule has 3 fully saturated rings. The van der Waals surface area contributed by atoms with Gasteiger partial charge in [-0.05, 0) is 12.1 Å². The van der Waals surface area contributed by atoms with E-state index in [0.717, 1.165) is 5.56 Å². The average molecular weight is 367 g/mol. The molecule has 0 spiro atoms. The van der Waals surface area contributed by atoms with E-state index in [1.807, 2.05) is 65.6 Å². The summed E-state index contributed by atoms with van der Waals surface area (Å²) >= 11 is 0. The van der Waals surface area contributed by atoms with Crippen LogP contribution in [0, 0.1) is 0 Å². The van der Waals surface area contributed by atoms with E-state index in [-0.39, 0.29) is 30.2 Å². The molecule has 3 aliphatic rings. The molecule has 2 aromatic carbocycles. The quantitative estimate of drug-likeness (QED) is 0.780. The van der Waals surface area contributed by atoms with Crippen LogP contribution < -0.4 is 0 Å². The number of fused-ring (bicyclic) bond motifs is 3. The molecule has 140 valence electrons. The SMILES string of the molecule is CO[C@@H]1O[C@@H]2CO[C@H](c3ccccc3)O[C@@H]2[C@H]2[C@@H]1N2C(=O)c1ccccc1. The van der Waals surface area contributed by atoms with Crippen LogP contribution in [0.15, 0.2) is 60.7 Å². The highest BCUT2D eigenvalue weighted by molar-refractivity contribution is 5.96. The van der Waals surface area contributed by atoms with Crippen LogP contribution in [0.4, 0.5) is 0 Å². The molecule has 0 unspecified atom stereocenters. The second-order valence-corrected chi connectivity index (χ2v) is 7.01. The van der Waals surface area contributed by atoms with Gasteiger partial charge in [0, 0.05) is 18.2 Å². The molecule has 0 N–H and O–H groups in total. The lowest BCUT2D eigenvalue weighted by molar-refractivity contribution is -0.304. The zero-order chi connectivity index (χ0) is 18.4. The first-order valence-corrected chi connectivity index (χ1v) is 9.16. The van der Waals surface area contributed by atoms with Crippen molar-refractivity contribution >= 4 is 5.91 Å². The average Bonchev–Trinajstić information content (AvgIpc) is 3.49. The number of hydrogen-bond donors (Lipinski definition) is 0. The van der Waals surface area contributed by atoms with Gasteiger partial charge in [0.1, 0.15) is 18.2 Å². The minimum Gasteiger partial charge on any atom is -0.354 e. The van der Waals surface area contributed by atoms with Gasteiger partial charge in [-0.25, -0.2) is 0 Å². The zero-order valence-electron chi connectivity index (χ0n) is 14.9. The summed E-state index contributed by atoms with van der Waals surface area (Å²) in [7, 11) is 1.60. The van der Waals surface area contributed by atoms with E-state index in [1.165, 1.54) is 0 Å². The lowest BCUT2D eigenvalue weighted by Crippen LogP contribution is -2.52. The van der Waals surface area contributed by atoms with Crippen molar-refractivity contribution in [1.82, 2.24) is 4.90 Å². The molecule has 3 saturated heterocycles. The van der Waals surface area contributed by atoms with E-state index in [4.69, 9.17) is 18.9 Å². The molecule has 6 nitrogen and oxygen atoms in total. The lowest BCUT2D eigenvalue weighted by Gasteiger charge is -2.39. The van der Waals surface area contributed by atoms with Gasteiger partial charge in [-0.3, -0.25) is 4.79 Å². The van der Waals surface area contributed by atoms with Crippen LogP contribution in [-0.2, 0) is 18.9 Å². The maximum absolute atomic E-state index is 13.0. The highest BCUT2D eigenvalue weighted by Crippen LogP contribution is 2.46. The highest BCUT2D eigenvalue weighted by Gasteiger charge is 2.66. The Morgan fingerprint density at radius 3 is 2.41 bits per heavy atom. The van der Waals surface area contributed by atoms with Gasteiger partial charge in [-0.1, -0.05) is 48.5 Å². The summed E-state index contributed by atoms with van der Waals surface area (Å²) in [5.41, 5.74) is 1.62. The molecule has 2 aromatic rings. The third kappa shape index (κ3) is 2.85. The van der Waals surface area contributed by atoms with Gasteiger partial charge in [0.2, 0.25) is 0 Å². The number of amides is 1. The van der Waals surface area contributed by atoms with Crippen molar-refractivity contribution in [2.45, 2.75) is 36.9 Å². The smallest absolute Gasteiger partial charge is 0.254 e. The predicted molar refractivity (Wildman–Crippen MR) is 95.9 cm³/mol. The van der Waals surface area contributed by atoms with Crippen molar-refractivity contribution in [2.75, 3.05) is 13.7 Å². The first kappa shape index (κ1) is 16.9. The van der Waals surface area contributed by atoms with Gasteiger partial charge in [-0.15, -0.1) is 0 Å². The van der Waals surface area contributed by atoms with Gasteiger partial charge < -0.3 is 23.8 Å². The van der Waals surface area contributed by atoms with E-state index in [2.05, 4.69) is 0 Å². The Labute approximate surface area is 157 Å². The van der Waals surface area contributed by atoms with Gasteiger partial charge in [-0.2, -0.15) is 0 Å². The fraction of sp³-hybridized carbons (Fsp3) is 0.381. The summed E-state index contributed by atoms with van der Waals surface area (Å²) in [6, 6.07) is 18.9. The standard InChI is InChI=1S/C21H21NO5/c1-24-21-17-16(22(17)19(23)13-8-4-2-5-9-13)18-15(26-21)12-25-20(27-18)14-10-6-3-7-11-14/h2-11,15-18,20-21H,12H2,1H3/t15-,16-,17+,18+,20+,21-,22?/m1/s1. The molecule has 0 aromatic heterocycles. The molecule has 1 amide bonds. The predicted octanol–water partition coefficient (Wildman–Crippen LogP) is 2.37. The molecular formula is C21H21NO5. The molecule has 0 aliphatic carbocycles. The van der Waals surface area contributed by atoms with Crippen LogP contribution in [0.1, 0.15) is 22.2 Å². The first-order chi connectivity index (χ1) is 13.3. The number of benzene rings is 2. The van der Waals surface area contributed by atoms with E-state index < -0.39 is 12.6 Å². The maximum atomic E-state index is 13.0. The molecule has 3 aliphatic heterocycles. The second-order valence-electron chi connectivity index (χ2n) is 7.01.